The minimum atomic E-state index is -1.51. The van der Waals surface area contributed by atoms with E-state index in [0.717, 1.165) is 0 Å². The summed E-state index contributed by atoms with van der Waals surface area (Å²) in [5, 5.41) is 27.9. The lowest BCUT2D eigenvalue weighted by molar-refractivity contribution is -0.149. The van der Waals surface area contributed by atoms with E-state index in [1.165, 1.54) is 11.8 Å². The van der Waals surface area contributed by atoms with Gasteiger partial charge in [0.1, 0.15) is 24.2 Å². The lowest BCUT2D eigenvalue weighted by Crippen LogP contribution is -2.61. The summed E-state index contributed by atoms with van der Waals surface area (Å²) in [5.41, 5.74) is 22.9. The van der Waals surface area contributed by atoms with Crippen molar-refractivity contribution in [3.63, 3.8) is 0 Å². The molecule has 16 nitrogen and oxygen atoms in total. The van der Waals surface area contributed by atoms with Gasteiger partial charge in [0.25, 0.3) is 0 Å². The quantitative estimate of drug-likeness (QED) is 0.0435. The van der Waals surface area contributed by atoms with E-state index in [-0.39, 0.29) is 44.7 Å². The van der Waals surface area contributed by atoms with Gasteiger partial charge in [0.2, 0.25) is 23.6 Å². The Hall–Kier alpha value is -4.28. The largest absolute Gasteiger partial charge is 0.480 e. The second-order valence-corrected chi connectivity index (χ2v) is 11.4. The summed E-state index contributed by atoms with van der Waals surface area (Å²) in [4.78, 5) is 70.2. The normalized spacial score (nSPS) is 17.6. The molecule has 1 aromatic rings. The molecule has 1 fully saturated rings. The molecule has 16 heteroatoms. The van der Waals surface area contributed by atoms with E-state index in [2.05, 4.69) is 20.9 Å². The number of guanidine groups is 1. The molecular weight excluding hydrogens is 598 g/mol. The third-order valence-corrected chi connectivity index (χ3v) is 7.67. The molecule has 0 aliphatic carbocycles. The highest BCUT2D eigenvalue weighted by atomic mass is 16.4. The number of unbranched alkanes of at least 4 members (excludes halogenated alkanes) is 1. The van der Waals surface area contributed by atoms with Crippen LogP contribution in [0.4, 0.5) is 0 Å². The molecule has 0 saturated carbocycles. The number of carboxylic acids is 1. The van der Waals surface area contributed by atoms with Gasteiger partial charge in [0.05, 0.1) is 12.1 Å². The summed E-state index contributed by atoms with van der Waals surface area (Å²) >= 11 is 0. The van der Waals surface area contributed by atoms with E-state index in [1.807, 2.05) is 0 Å². The third-order valence-electron chi connectivity index (χ3n) is 7.67. The molecule has 2 rings (SSSR count). The number of benzene rings is 1. The van der Waals surface area contributed by atoms with Crippen molar-refractivity contribution < 1.29 is 34.2 Å². The minimum Gasteiger partial charge on any atom is -0.480 e. The van der Waals surface area contributed by atoms with Crippen LogP contribution in [-0.2, 0) is 30.4 Å². The van der Waals surface area contributed by atoms with E-state index in [1.54, 1.807) is 30.3 Å². The Morgan fingerprint density at radius 2 is 1.63 bits per heavy atom. The van der Waals surface area contributed by atoms with E-state index in [4.69, 9.17) is 22.9 Å². The maximum Gasteiger partial charge on any atom is 0.326 e. The number of nitrogens with two attached hydrogens (primary N) is 4. The minimum absolute atomic E-state index is 0.0492. The van der Waals surface area contributed by atoms with Gasteiger partial charge in [-0.25, -0.2) is 4.79 Å². The fraction of sp³-hybridized carbons (Fsp3) is 0.600. The zero-order valence-corrected chi connectivity index (χ0v) is 26.3. The maximum absolute atomic E-state index is 13.6. The lowest BCUT2D eigenvalue weighted by Gasteiger charge is -2.30. The summed E-state index contributed by atoms with van der Waals surface area (Å²) in [6, 6.07) is 3.09. The van der Waals surface area contributed by atoms with Crippen molar-refractivity contribution in [2.45, 2.75) is 94.6 Å². The van der Waals surface area contributed by atoms with E-state index < -0.39 is 65.9 Å². The van der Waals surface area contributed by atoms with Crippen LogP contribution in [0.3, 0.4) is 0 Å². The van der Waals surface area contributed by atoms with Crippen LogP contribution in [0.25, 0.3) is 0 Å². The fourth-order valence-corrected chi connectivity index (χ4v) is 5.15. The molecule has 6 atom stereocenters. The van der Waals surface area contributed by atoms with E-state index >= 15 is 0 Å². The van der Waals surface area contributed by atoms with Crippen molar-refractivity contribution in [2.75, 3.05) is 19.6 Å². The third kappa shape index (κ3) is 12.3. The Bertz CT molecular complexity index is 1190. The van der Waals surface area contributed by atoms with Crippen molar-refractivity contribution in [1.82, 2.24) is 20.9 Å². The lowest BCUT2D eigenvalue weighted by atomic mass is 10.0. The molecule has 46 heavy (non-hydrogen) atoms. The molecule has 0 aromatic heterocycles. The highest BCUT2D eigenvalue weighted by molar-refractivity contribution is 5.96. The first-order valence-electron chi connectivity index (χ1n) is 15.5. The van der Waals surface area contributed by atoms with Crippen molar-refractivity contribution in [3.05, 3.63) is 35.9 Å². The van der Waals surface area contributed by atoms with Crippen molar-refractivity contribution in [3.8, 4) is 0 Å². The number of likely N-dealkylation sites (tertiary alicyclic amines) is 1. The molecular formula is C30H49N9O7. The number of hydrogen-bond donors (Lipinski definition) is 9. The number of nitrogens with one attached hydrogen (secondary N) is 3. The Kier molecular flexibility index (Phi) is 15.9. The highest BCUT2D eigenvalue weighted by Crippen LogP contribution is 2.20. The smallest absolute Gasteiger partial charge is 0.326 e. The number of aliphatic hydroxyl groups is 1. The van der Waals surface area contributed by atoms with Crippen molar-refractivity contribution >= 4 is 35.6 Å². The number of carboxylic acid groups (broad SMARTS) is 1. The van der Waals surface area contributed by atoms with Gasteiger partial charge >= 0.3 is 5.97 Å². The molecule has 1 saturated heterocycles. The summed E-state index contributed by atoms with van der Waals surface area (Å²) in [6.07, 6.45) is 1.35. The van der Waals surface area contributed by atoms with Crippen LogP contribution in [0.2, 0.25) is 0 Å². The number of amides is 4. The monoisotopic (exact) mass is 647 g/mol. The van der Waals surface area contributed by atoms with Gasteiger partial charge in [0, 0.05) is 19.5 Å². The standard InChI is InChI=1S/C30H49N9O7/c1-18(40)24(38-26(42)21(12-5-6-14-31)36-25(41)20(32)11-7-15-35-30(33)34)27(43)37-22(17-19-9-3-2-4-10-19)28(44)39-16-8-13-23(39)29(45)46/h2-4,9-10,18,20-24,40H,5-8,11-17,31-32H2,1H3,(H,36,41)(H,37,43)(H,38,42)(H,45,46)(H4,33,34,35)/t18-,20+,21+,22+,23+,24+/m1/s1. The molecule has 1 aliphatic rings. The zero-order chi connectivity index (χ0) is 34.2. The molecule has 0 unspecified atom stereocenters. The number of aliphatic imine (C=N–C) groups is 1. The number of aliphatic hydroxyl groups excluding tert-OH is 1. The van der Waals surface area contributed by atoms with Crippen LogP contribution >= 0.6 is 0 Å². The molecule has 0 radical (unpaired) electrons. The number of rotatable bonds is 19. The van der Waals surface area contributed by atoms with Crippen LogP contribution in [-0.4, -0.2) is 107 Å². The summed E-state index contributed by atoms with van der Waals surface area (Å²) in [6.45, 7) is 2.15. The SMILES string of the molecule is C[C@@H](O)[C@H](NC(=O)[C@H](CCCCN)NC(=O)[C@@H](N)CCCN=C(N)N)C(=O)N[C@@H](Cc1ccccc1)C(=O)N1CCC[C@H]1C(=O)O. The number of carbonyl (C=O) groups excluding carboxylic acids is 4. The van der Waals surface area contributed by atoms with Gasteiger partial charge in [0.15, 0.2) is 5.96 Å². The molecule has 1 aromatic carbocycles. The molecule has 1 aliphatic heterocycles. The van der Waals surface area contributed by atoms with Crippen molar-refractivity contribution in [2.24, 2.45) is 27.9 Å². The van der Waals surface area contributed by atoms with Crippen LogP contribution in [0.5, 0.6) is 0 Å². The fourth-order valence-electron chi connectivity index (χ4n) is 5.15. The van der Waals surface area contributed by atoms with Crippen LogP contribution in [0, 0.1) is 0 Å². The predicted octanol–water partition coefficient (Wildman–Crippen LogP) is -2.35. The van der Waals surface area contributed by atoms with Gasteiger partial charge in [-0.05, 0) is 64.0 Å². The van der Waals surface area contributed by atoms with Crippen LogP contribution in [0.1, 0.15) is 57.4 Å². The predicted molar refractivity (Wildman–Crippen MR) is 171 cm³/mol. The Morgan fingerprint density at radius 3 is 2.24 bits per heavy atom. The van der Waals surface area contributed by atoms with Crippen LogP contribution < -0.4 is 38.9 Å². The molecule has 13 N–H and O–H groups in total. The van der Waals surface area contributed by atoms with Gasteiger partial charge in [-0.3, -0.25) is 24.2 Å². The first-order chi connectivity index (χ1) is 21.8. The molecule has 1 heterocycles. The zero-order valence-electron chi connectivity index (χ0n) is 26.3. The van der Waals surface area contributed by atoms with Gasteiger partial charge in [-0.1, -0.05) is 30.3 Å². The van der Waals surface area contributed by atoms with E-state index in [9.17, 15) is 34.2 Å². The van der Waals surface area contributed by atoms with Gasteiger partial charge in [-0.15, -0.1) is 0 Å². The van der Waals surface area contributed by atoms with E-state index in [0.29, 0.717) is 37.8 Å². The second-order valence-electron chi connectivity index (χ2n) is 11.4. The number of carbonyl (C=O) groups is 5. The number of hydrogen-bond acceptors (Lipinski definition) is 9. The molecule has 0 spiro atoms. The molecule has 4 amide bonds. The molecule has 0 bridgehead atoms. The topological polar surface area (TPSA) is 282 Å². The molecule has 256 valence electrons. The second kappa shape index (κ2) is 19.3. The summed E-state index contributed by atoms with van der Waals surface area (Å²) < 4.78 is 0. The number of aliphatic carboxylic acids is 1. The Labute approximate surface area is 268 Å². The van der Waals surface area contributed by atoms with Gasteiger partial charge in [-0.2, -0.15) is 0 Å². The highest BCUT2D eigenvalue weighted by Gasteiger charge is 2.39. The van der Waals surface area contributed by atoms with Gasteiger partial charge < -0.3 is 54.0 Å². The Balaban J connectivity index is 2.20. The first-order valence-corrected chi connectivity index (χ1v) is 15.5. The maximum atomic E-state index is 13.6. The summed E-state index contributed by atoms with van der Waals surface area (Å²) in [7, 11) is 0. The average Bonchev–Trinajstić information content (AvgIpc) is 3.51. The number of nitrogens with zero attached hydrogens (tertiary/aromatic N) is 2. The summed E-state index contributed by atoms with van der Waals surface area (Å²) in [5.74, 6) is -3.99. The Morgan fingerprint density at radius 1 is 0.957 bits per heavy atom. The first kappa shape index (κ1) is 37.9. The van der Waals surface area contributed by atoms with Crippen molar-refractivity contribution in [1.29, 1.82) is 0 Å². The average molecular weight is 648 g/mol. The van der Waals surface area contributed by atoms with Crippen LogP contribution in [0.15, 0.2) is 35.3 Å².